The van der Waals surface area contributed by atoms with Crippen molar-refractivity contribution >= 4 is 11.0 Å². The highest BCUT2D eigenvalue weighted by atomic mass is 19.1. The quantitative estimate of drug-likeness (QED) is 0.816. The van der Waals surface area contributed by atoms with Crippen LogP contribution < -0.4 is 11.3 Å². The average molecular weight is 318 g/mol. The van der Waals surface area contributed by atoms with Gasteiger partial charge in [-0.1, -0.05) is 0 Å². The van der Waals surface area contributed by atoms with Crippen LogP contribution in [0, 0.1) is 5.82 Å². The number of hydrogen-bond donors (Lipinski definition) is 2. The molecule has 122 valence electrons. The number of halogens is 1. The van der Waals surface area contributed by atoms with E-state index in [1.807, 2.05) is 0 Å². The number of aliphatic hydroxyl groups is 1. The molecule has 7 heteroatoms. The molecule has 1 saturated heterocycles. The molecule has 2 aromatic rings. The fourth-order valence-corrected chi connectivity index (χ4v) is 3.81. The normalized spacial score (nSPS) is 27.7. The van der Waals surface area contributed by atoms with Crippen molar-refractivity contribution < 1.29 is 9.50 Å². The largest absolute Gasteiger partial charge is 0.391 e. The van der Waals surface area contributed by atoms with E-state index in [0.29, 0.717) is 42.7 Å². The van der Waals surface area contributed by atoms with Gasteiger partial charge in [-0.3, -0.25) is 9.78 Å². The number of aromatic nitrogens is 2. The smallest absolute Gasteiger partial charge is 0.251 e. The lowest BCUT2D eigenvalue weighted by molar-refractivity contribution is 0.0594. The summed E-state index contributed by atoms with van der Waals surface area (Å²) >= 11 is 0. The SMILES string of the molecule is NC1CN(CC2Cn3c(=O)ccc4ncc(F)c2c43)CC[C@H]1O. The van der Waals surface area contributed by atoms with Crippen LogP contribution in [0.1, 0.15) is 17.9 Å². The third-order valence-corrected chi connectivity index (χ3v) is 4.99. The first kappa shape index (κ1) is 14.7. The van der Waals surface area contributed by atoms with Crippen molar-refractivity contribution in [2.45, 2.75) is 31.0 Å². The summed E-state index contributed by atoms with van der Waals surface area (Å²) in [4.78, 5) is 18.3. The van der Waals surface area contributed by atoms with Crippen molar-refractivity contribution in [3.8, 4) is 0 Å². The van der Waals surface area contributed by atoms with Gasteiger partial charge in [-0.25, -0.2) is 4.39 Å². The van der Waals surface area contributed by atoms with Gasteiger partial charge in [0, 0.05) is 49.8 Å². The predicted molar refractivity (Wildman–Crippen MR) is 83.7 cm³/mol. The van der Waals surface area contributed by atoms with Gasteiger partial charge in [0.15, 0.2) is 0 Å². The Hall–Kier alpha value is -1.83. The monoisotopic (exact) mass is 318 g/mol. The van der Waals surface area contributed by atoms with E-state index in [0.717, 1.165) is 6.54 Å². The maximum absolute atomic E-state index is 14.4. The second kappa shape index (κ2) is 5.36. The zero-order valence-electron chi connectivity index (χ0n) is 12.7. The maximum Gasteiger partial charge on any atom is 0.251 e. The van der Waals surface area contributed by atoms with Crippen LogP contribution in [0.5, 0.6) is 0 Å². The number of hydrogen-bond acceptors (Lipinski definition) is 5. The Labute approximate surface area is 132 Å². The van der Waals surface area contributed by atoms with Gasteiger partial charge >= 0.3 is 0 Å². The van der Waals surface area contributed by atoms with Gasteiger partial charge in [0.2, 0.25) is 0 Å². The molecule has 23 heavy (non-hydrogen) atoms. The Morgan fingerprint density at radius 3 is 3.00 bits per heavy atom. The molecule has 3 N–H and O–H groups in total. The molecule has 2 aliphatic heterocycles. The molecule has 0 amide bonds. The molecular weight excluding hydrogens is 299 g/mol. The first-order chi connectivity index (χ1) is 11.0. The fraction of sp³-hybridized carbons (Fsp3) is 0.500. The lowest BCUT2D eigenvalue weighted by atomic mass is 9.97. The average Bonchev–Trinajstić information content (AvgIpc) is 2.91. The first-order valence-electron chi connectivity index (χ1n) is 7.88. The highest BCUT2D eigenvalue weighted by molar-refractivity contribution is 5.80. The Balaban J connectivity index is 1.68. The second-order valence-electron chi connectivity index (χ2n) is 6.51. The zero-order valence-corrected chi connectivity index (χ0v) is 12.7. The van der Waals surface area contributed by atoms with Gasteiger partial charge in [-0.05, 0) is 12.5 Å². The van der Waals surface area contributed by atoms with E-state index < -0.39 is 6.10 Å². The molecule has 0 aromatic carbocycles. The maximum atomic E-state index is 14.4. The molecule has 0 aliphatic carbocycles. The summed E-state index contributed by atoms with van der Waals surface area (Å²) in [7, 11) is 0. The van der Waals surface area contributed by atoms with Gasteiger partial charge < -0.3 is 20.3 Å². The van der Waals surface area contributed by atoms with Crippen molar-refractivity contribution in [3.05, 3.63) is 40.1 Å². The number of pyridine rings is 2. The van der Waals surface area contributed by atoms with Crippen LogP contribution in [-0.2, 0) is 6.54 Å². The van der Waals surface area contributed by atoms with Gasteiger partial charge in [0.25, 0.3) is 5.56 Å². The van der Waals surface area contributed by atoms with Crippen LogP contribution in [0.2, 0.25) is 0 Å². The summed E-state index contributed by atoms with van der Waals surface area (Å²) in [5.74, 6) is -0.460. The van der Waals surface area contributed by atoms with E-state index in [1.165, 1.54) is 12.3 Å². The summed E-state index contributed by atoms with van der Waals surface area (Å²) in [6.45, 7) is 2.39. The van der Waals surface area contributed by atoms with Gasteiger partial charge in [0.05, 0.1) is 23.3 Å². The third-order valence-electron chi connectivity index (χ3n) is 4.99. The molecule has 6 nitrogen and oxygen atoms in total. The topological polar surface area (TPSA) is 84.4 Å². The van der Waals surface area contributed by atoms with E-state index in [4.69, 9.17) is 5.73 Å². The van der Waals surface area contributed by atoms with E-state index in [1.54, 1.807) is 10.6 Å². The first-order valence-corrected chi connectivity index (χ1v) is 7.88. The van der Waals surface area contributed by atoms with Crippen LogP contribution in [0.4, 0.5) is 4.39 Å². The molecule has 4 heterocycles. The van der Waals surface area contributed by atoms with E-state index in [-0.39, 0.29) is 23.3 Å². The third kappa shape index (κ3) is 2.36. The lowest BCUT2D eigenvalue weighted by Crippen LogP contribution is -2.52. The summed E-state index contributed by atoms with van der Waals surface area (Å²) < 4.78 is 16.0. The lowest BCUT2D eigenvalue weighted by Gasteiger charge is -2.35. The van der Waals surface area contributed by atoms with Gasteiger partial charge in [-0.15, -0.1) is 0 Å². The standard InChI is InChI=1S/C16H19FN4O2/c17-10-5-19-12-1-2-14(23)21-7-9(15(10)16(12)21)6-20-4-3-13(22)11(18)8-20/h1-2,5,9,11,13,22H,3-4,6-8,18H2/t9?,11?,13-/m1/s1. The van der Waals surface area contributed by atoms with Crippen LogP contribution in [-0.4, -0.2) is 51.3 Å². The summed E-state index contributed by atoms with van der Waals surface area (Å²) in [6.07, 6.45) is 1.38. The molecule has 0 radical (unpaired) electrons. The molecule has 0 bridgehead atoms. The van der Waals surface area contributed by atoms with Crippen LogP contribution in [0.15, 0.2) is 23.1 Å². The number of likely N-dealkylation sites (tertiary alicyclic amines) is 1. The summed E-state index contributed by atoms with van der Waals surface area (Å²) in [5, 5.41) is 9.74. The minimum atomic E-state index is -0.473. The van der Waals surface area contributed by atoms with Crippen molar-refractivity contribution in [2.24, 2.45) is 5.73 Å². The predicted octanol–water partition coefficient (Wildman–Crippen LogP) is 0.0267. The molecule has 2 aliphatic rings. The van der Waals surface area contributed by atoms with Crippen LogP contribution in [0.25, 0.3) is 11.0 Å². The Morgan fingerprint density at radius 2 is 2.22 bits per heavy atom. The number of nitrogens with two attached hydrogens (primary N) is 1. The van der Waals surface area contributed by atoms with E-state index in [2.05, 4.69) is 9.88 Å². The Bertz CT molecular complexity index is 822. The Kier molecular flexibility index (Phi) is 3.44. The number of piperidine rings is 1. The van der Waals surface area contributed by atoms with Crippen molar-refractivity contribution in [2.75, 3.05) is 19.6 Å². The van der Waals surface area contributed by atoms with Crippen molar-refractivity contribution in [1.82, 2.24) is 14.5 Å². The molecule has 2 unspecified atom stereocenters. The summed E-state index contributed by atoms with van der Waals surface area (Å²) in [5.41, 5.74) is 7.64. The van der Waals surface area contributed by atoms with Crippen LogP contribution in [0.3, 0.4) is 0 Å². The second-order valence-corrected chi connectivity index (χ2v) is 6.51. The highest BCUT2D eigenvalue weighted by Gasteiger charge is 2.32. The number of rotatable bonds is 2. The Morgan fingerprint density at radius 1 is 1.39 bits per heavy atom. The van der Waals surface area contributed by atoms with Crippen LogP contribution >= 0.6 is 0 Å². The molecule has 3 atom stereocenters. The van der Waals surface area contributed by atoms with E-state index >= 15 is 0 Å². The fourth-order valence-electron chi connectivity index (χ4n) is 3.81. The molecule has 0 spiro atoms. The van der Waals surface area contributed by atoms with Gasteiger partial charge in [-0.2, -0.15) is 0 Å². The molecular formula is C16H19FN4O2. The molecule has 1 fully saturated rings. The highest BCUT2D eigenvalue weighted by Crippen LogP contribution is 2.34. The van der Waals surface area contributed by atoms with Crippen molar-refractivity contribution in [3.63, 3.8) is 0 Å². The molecule has 4 rings (SSSR count). The number of aliphatic hydroxyl groups excluding tert-OH is 1. The zero-order chi connectivity index (χ0) is 16.1. The molecule has 0 saturated carbocycles. The van der Waals surface area contributed by atoms with E-state index in [9.17, 15) is 14.3 Å². The minimum Gasteiger partial charge on any atom is -0.391 e. The van der Waals surface area contributed by atoms with Crippen molar-refractivity contribution in [1.29, 1.82) is 0 Å². The molecule has 2 aromatic heterocycles. The number of nitrogens with zero attached hydrogens (tertiary/aromatic N) is 3. The minimum absolute atomic E-state index is 0.0990. The summed E-state index contributed by atoms with van der Waals surface area (Å²) in [6, 6.07) is 2.84. The van der Waals surface area contributed by atoms with Gasteiger partial charge in [0.1, 0.15) is 5.82 Å².